The highest BCUT2D eigenvalue weighted by molar-refractivity contribution is 6.30. The molecule has 0 aliphatic heterocycles. The van der Waals surface area contributed by atoms with Crippen molar-refractivity contribution >= 4 is 17.4 Å². The minimum Gasteiger partial charge on any atom is -0.435 e. The summed E-state index contributed by atoms with van der Waals surface area (Å²) in [7, 11) is 0. The Kier molecular flexibility index (Phi) is 4.05. The Morgan fingerprint density at radius 2 is 1.90 bits per heavy atom. The number of ether oxygens (including phenoxy) is 1. The van der Waals surface area contributed by atoms with Gasteiger partial charge in [-0.1, -0.05) is 38.4 Å². The minimum absolute atomic E-state index is 0.00330. The van der Waals surface area contributed by atoms with Gasteiger partial charge < -0.3 is 10.5 Å². The molecular formula is C15H17ClFN3O. The van der Waals surface area contributed by atoms with Crippen LogP contribution in [0.3, 0.4) is 0 Å². The monoisotopic (exact) mass is 309 g/mol. The van der Waals surface area contributed by atoms with Gasteiger partial charge in [0.05, 0.1) is 10.6 Å². The number of benzene rings is 1. The summed E-state index contributed by atoms with van der Waals surface area (Å²) < 4.78 is 19.5. The molecule has 0 aliphatic rings. The molecule has 2 rings (SSSR count). The van der Waals surface area contributed by atoms with Gasteiger partial charge in [0.15, 0.2) is 11.6 Å². The van der Waals surface area contributed by atoms with Crippen LogP contribution in [-0.4, -0.2) is 9.97 Å². The molecule has 6 heteroatoms. The molecule has 0 fully saturated rings. The second-order valence-electron chi connectivity index (χ2n) is 5.77. The second-order valence-corrected chi connectivity index (χ2v) is 6.17. The Bertz CT molecular complexity index is 683. The van der Waals surface area contributed by atoms with E-state index >= 15 is 0 Å². The summed E-state index contributed by atoms with van der Waals surface area (Å²) in [6.07, 6.45) is 0. The predicted molar refractivity (Wildman–Crippen MR) is 81.4 cm³/mol. The first kappa shape index (κ1) is 15.5. The predicted octanol–water partition coefficient (Wildman–Crippen LogP) is 4.25. The number of nitrogens with two attached hydrogens (primary N) is 1. The lowest BCUT2D eigenvalue weighted by atomic mass is 9.95. The molecule has 1 aromatic carbocycles. The van der Waals surface area contributed by atoms with Crippen molar-refractivity contribution in [2.24, 2.45) is 0 Å². The number of aromatic nitrogens is 2. The van der Waals surface area contributed by atoms with Crippen molar-refractivity contribution in [3.8, 4) is 11.6 Å². The molecule has 0 amide bonds. The van der Waals surface area contributed by atoms with E-state index in [0.29, 0.717) is 17.2 Å². The molecular weight excluding hydrogens is 293 g/mol. The van der Waals surface area contributed by atoms with E-state index in [2.05, 4.69) is 9.97 Å². The molecule has 0 unspecified atom stereocenters. The van der Waals surface area contributed by atoms with Crippen LogP contribution >= 0.6 is 11.6 Å². The smallest absolute Gasteiger partial charge is 0.227 e. The van der Waals surface area contributed by atoms with Gasteiger partial charge in [-0.2, -0.15) is 4.98 Å². The molecule has 1 aromatic heterocycles. The highest BCUT2D eigenvalue weighted by Crippen LogP contribution is 2.32. The van der Waals surface area contributed by atoms with Gasteiger partial charge in [0.2, 0.25) is 5.88 Å². The van der Waals surface area contributed by atoms with Gasteiger partial charge in [0.1, 0.15) is 11.6 Å². The van der Waals surface area contributed by atoms with Crippen LogP contribution < -0.4 is 10.5 Å². The molecule has 21 heavy (non-hydrogen) atoms. The fourth-order valence-electron chi connectivity index (χ4n) is 1.61. The van der Waals surface area contributed by atoms with Crippen LogP contribution in [0.1, 0.15) is 32.2 Å². The summed E-state index contributed by atoms with van der Waals surface area (Å²) in [5.41, 5.74) is 6.15. The third-order valence-electron chi connectivity index (χ3n) is 2.93. The first-order valence-corrected chi connectivity index (χ1v) is 6.84. The van der Waals surface area contributed by atoms with Crippen LogP contribution in [-0.2, 0) is 5.41 Å². The average molecular weight is 310 g/mol. The second kappa shape index (κ2) is 5.48. The summed E-state index contributed by atoms with van der Waals surface area (Å²) in [4.78, 5) is 8.60. The first-order chi connectivity index (χ1) is 9.70. The van der Waals surface area contributed by atoms with Crippen LogP contribution in [0.5, 0.6) is 11.6 Å². The Balaban J connectivity index is 2.49. The molecule has 0 bridgehead atoms. The van der Waals surface area contributed by atoms with E-state index in [1.165, 1.54) is 12.1 Å². The summed E-state index contributed by atoms with van der Waals surface area (Å²) in [5.74, 6) is 0.445. The molecule has 0 saturated carbocycles. The Labute approximate surface area is 128 Å². The normalized spacial score (nSPS) is 11.5. The van der Waals surface area contributed by atoms with Gasteiger partial charge >= 0.3 is 0 Å². The van der Waals surface area contributed by atoms with Crippen molar-refractivity contribution in [3.05, 3.63) is 40.4 Å². The molecule has 112 valence electrons. The van der Waals surface area contributed by atoms with Gasteiger partial charge in [-0.05, 0) is 19.1 Å². The number of anilines is 1. The maximum atomic E-state index is 13.9. The summed E-state index contributed by atoms with van der Waals surface area (Å²) in [6.45, 7) is 7.60. The van der Waals surface area contributed by atoms with Crippen LogP contribution in [0.4, 0.5) is 10.2 Å². The number of nitrogens with zero attached hydrogens (tertiary/aromatic N) is 2. The molecule has 0 radical (unpaired) electrons. The van der Waals surface area contributed by atoms with E-state index in [1.54, 1.807) is 13.0 Å². The van der Waals surface area contributed by atoms with Gasteiger partial charge in [-0.15, -0.1) is 0 Å². The Morgan fingerprint density at radius 3 is 2.52 bits per heavy atom. The van der Waals surface area contributed by atoms with Gasteiger partial charge in [0.25, 0.3) is 0 Å². The largest absolute Gasteiger partial charge is 0.435 e. The molecule has 4 nitrogen and oxygen atoms in total. The third kappa shape index (κ3) is 3.24. The molecule has 0 aliphatic carbocycles. The summed E-state index contributed by atoms with van der Waals surface area (Å²) in [5, 5.41) is -0.0109. The van der Waals surface area contributed by atoms with Gasteiger partial charge in [0, 0.05) is 5.41 Å². The lowest BCUT2D eigenvalue weighted by Crippen LogP contribution is -2.18. The van der Waals surface area contributed by atoms with Crippen molar-refractivity contribution < 1.29 is 9.13 Å². The maximum absolute atomic E-state index is 13.9. The van der Waals surface area contributed by atoms with E-state index < -0.39 is 5.82 Å². The first-order valence-electron chi connectivity index (χ1n) is 6.46. The number of nitrogen functional groups attached to an aromatic ring is 1. The van der Waals surface area contributed by atoms with Gasteiger partial charge in [-0.25, -0.2) is 9.37 Å². The SMILES string of the molecule is Cc1c(N)nc(C(C)(C)C)nc1Oc1cccc(Cl)c1F. The van der Waals surface area contributed by atoms with E-state index in [-0.39, 0.29) is 22.1 Å². The zero-order valence-corrected chi connectivity index (χ0v) is 13.1. The number of hydrogen-bond donors (Lipinski definition) is 1. The molecule has 1 heterocycles. The van der Waals surface area contributed by atoms with Crippen molar-refractivity contribution in [1.82, 2.24) is 9.97 Å². The van der Waals surface area contributed by atoms with Crippen molar-refractivity contribution in [2.45, 2.75) is 33.1 Å². The highest BCUT2D eigenvalue weighted by Gasteiger charge is 2.22. The Hall–Kier alpha value is -1.88. The highest BCUT2D eigenvalue weighted by atomic mass is 35.5. The fourth-order valence-corrected chi connectivity index (χ4v) is 1.78. The minimum atomic E-state index is -0.631. The lowest BCUT2D eigenvalue weighted by Gasteiger charge is -2.19. The molecule has 0 atom stereocenters. The lowest BCUT2D eigenvalue weighted by molar-refractivity contribution is 0.415. The van der Waals surface area contributed by atoms with Crippen LogP contribution in [0.15, 0.2) is 18.2 Å². The molecule has 0 saturated heterocycles. The van der Waals surface area contributed by atoms with Crippen molar-refractivity contribution in [3.63, 3.8) is 0 Å². The zero-order valence-electron chi connectivity index (χ0n) is 12.4. The van der Waals surface area contributed by atoms with Crippen LogP contribution in [0, 0.1) is 12.7 Å². The molecule has 2 N–H and O–H groups in total. The van der Waals surface area contributed by atoms with E-state index in [4.69, 9.17) is 22.1 Å². The Morgan fingerprint density at radius 1 is 1.24 bits per heavy atom. The van der Waals surface area contributed by atoms with E-state index in [1.807, 2.05) is 20.8 Å². The van der Waals surface area contributed by atoms with Crippen LogP contribution in [0.2, 0.25) is 5.02 Å². The van der Waals surface area contributed by atoms with E-state index in [9.17, 15) is 4.39 Å². The maximum Gasteiger partial charge on any atom is 0.227 e. The zero-order chi connectivity index (χ0) is 15.8. The fraction of sp³-hybridized carbons (Fsp3) is 0.333. The molecule has 0 spiro atoms. The van der Waals surface area contributed by atoms with E-state index in [0.717, 1.165) is 0 Å². The number of halogens is 2. The topological polar surface area (TPSA) is 61.0 Å². The van der Waals surface area contributed by atoms with Crippen LogP contribution in [0.25, 0.3) is 0 Å². The van der Waals surface area contributed by atoms with Gasteiger partial charge in [-0.3, -0.25) is 0 Å². The van der Waals surface area contributed by atoms with Crippen molar-refractivity contribution in [2.75, 3.05) is 5.73 Å². The summed E-state index contributed by atoms with van der Waals surface area (Å²) >= 11 is 5.74. The molecule has 2 aromatic rings. The third-order valence-corrected chi connectivity index (χ3v) is 3.22. The summed E-state index contributed by atoms with van der Waals surface area (Å²) in [6, 6.07) is 4.53. The number of rotatable bonds is 2. The number of hydrogen-bond acceptors (Lipinski definition) is 4. The standard InChI is InChI=1S/C15H17ClFN3O/c1-8-12(18)19-14(15(2,3)4)20-13(8)21-10-7-5-6-9(16)11(10)17/h5-7H,1-4H3,(H2,18,19,20). The average Bonchev–Trinajstić information content (AvgIpc) is 2.38. The quantitative estimate of drug-likeness (QED) is 0.901. The van der Waals surface area contributed by atoms with Crippen molar-refractivity contribution in [1.29, 1.82) is 0 Å².